The van der Waals surface area contributed by atoms with Gasteiger partial charge in [-0.3, -0.25) is 33.8 Å². The number of carbonyl (C=O) groups excluding carboxylic acids is 6. The number of nitrogens with one attached hydrogen (secondary N) is 6. The van der Waals surface area contributed by atoms with Crippen LogP contribution in [0.3, 0.4) is 0 Å². The van der Waals surface area contributed by atoms with Crippen molar-refractivity contribution in [3.05, 3.63) is 35.9 Å². The van der Waals surface area contributed by atoms with Crippen LogP contribution in [0, 0.1) is 0 Å². The molecule has 0 spiro atoms. The summed E-state index contributed by atoms with van der Waals surface area (Å²) >= 11 is 4.08. The Bertz CT molecular complexity index is 1320. The number of aliphatic hydroxyl groups excluding tert-OH is 2. The third-order valence-electron chi connectivity index (χ3n) is 6.53. The molecule has 0 bridgehead atoms. The lowest BCUT2D eigenvalue weighted by atomic mass is 10.0. The zero-order chi connectivity index (χ0) is 36.9. The van der Waals surface area contributed by atoms with Crippen LogP contribution in [0.4, 0.5) is 0 Å². The number of aliphatic carboxylic acids is 1. The minimum absolute atomic E-state index is 0.0199. The average molecular weight is 713 g/mol. The number of nitrogens with two attached hydrogens (primary N) is 3. The van der Waals surface area contributed by atoms with Crippen molar-refractivity contribution >= 4 is 60.0 Å². The van der Waals surface area contributed by atoms with Crippen molar-refractivity contribution < 1.29 is 48.9 Å². The van der Waals surface area contributed by atoms with E-state index < -0.39 is 97.9 Å². The van der Waals surface area contributed by atoms with Gasteiger partial charge in [0.25, 0.3) is 0 Å². The van der Waals surface area contributed by atoms with Crippen LogP contribution in [-0.2, 0) is 40.0 Å². The largest absolute Gasteiger partial charge is 0.480 e. The number of guanidine groups is 1. The standard InChI is InChI=1S/C28H44N10O10S/c29-16(12-39)23(43)37-19(13-40)25(45)38-20(14-49)26(46)36-18(9-15-5-2-1-3-6-15)24(44)34-10-21(41)33-11-22(42)35-17(27(47)48)7-4-8-32-28(30)31/h1-3,5-6,16-20,39-40,49H,4,7-14,29H2,(H,33,41)(H,34,44)(H,35,42)(H,36,46)(H,37,43)(H,38,45)(H,47,48)(H4,30,31,32)/t16-,17-,18-,19-,20-/m0/s1. The highest BCUT2D eigenvalue weighted by Gasteiger charge is 2.30. The molecule has 0 aromatic heterocycles. The van der Waals surface area contributed by atoms with Gasteiger partial charge in [-0.05, 0) is 18.4 Å². The summed E-state index contributed by atoms with van der Waals surface area (Å²) in [6.45, 7) is -2.64. The molecule has 0 fully saturated rings. The molecule has 1 aromatic rings. The van der Waals surface area contributed by atoms with Crippen molar-refractivity contribution in [2.75, 3.05) is 38.6 Å². The van der Waals surface area contributed by atoms with E-state index in [0.717, 1.165) is 0 Å². The number of aliphatic imine (C=N–C) groups is 1. The number of aliphatic hydroxyl groups is 2. The van der Waals surface area contributed by atoms with Gasteiger partial charge in [-0.1, -0.05) is 30.3 Å². The van der Waals surface area contributed by atoms with E-state index in [9.17, 15) is 43.8 Å². The summed E-state index contributed by atoms with van der Waals surface area (Å²) in [5.41, 5.74) is 16.5. The van der Waals surface area contributed by atoms with Crippen molar-refractivity contribution in [3.8, 4) is 0 Å². The molecule has 0 aliphatic carbocycles. The fraction of sp³-hybridized carbons (Fsp3) is 0.500. The van der Waals surface area contributed by atoms with Crippen LogP contribution in [-0.4, -0.2) is 132 Å². The van der Waals surface area contributed by atoms with E-state index in [1.807, 2.05) is 0 Å². The van der Waals surface area contributed by atoms with Gasteiger partial charge in [0.15, 0.2) is 5.96 Å². The summed E-state index contributed by atoms with van der Waals surface area (Å²) in [6, 6.07) is 1.76. The highest BCUT2D eigenvalue weighted by Crippen LogP contribution is 2.05. The number of nitrogens with zero attached hydrogens (tertiary/aromatic N) is 1. The number of amides is 6. The van der Waals surface area contributed by atoms with Crippen LogP contribution in [0.1, 0.15) is 18.4 Å². The Balaban J connectivity index is 2.82. The van der Waals surface area contributed by atoms with Crippen molar-refractivity contribution in [2.24, 2.45) is 22.2 Å². The zero-order valence-corrected chi connectivity index (χ0v) is 27.4. The molecular formula is C28H44N10O10S. The van der Waals surface area contributed by atoms with E-state index in [0.29, 0.717) is 5.56 Å². The van der Waals surface area contributed by atoms with Crippen LogP contribution in [0.5, 0.6) is 0 Å². The van der Waals surface area contributed by atoms with E-state index in [1.165, 1.54) is 0 Å². The number of thiol groups is 1. The number of carbonyl (C=O) groups is 7. The molecule has 0 aliphatic heterocycles. The summed E-state index contributed by atoms with van der Waals surface area (Å²) in [6.07, 6.45) is 0.243. The van der Waals surface area contributed by atoms with Gasteiger partial charge in [-0.2, -0.15) is 12.6 Å². The zero-order valence-electron chi connectivity index (χ0n) is 26.5. The van der Waals surface area contributed by atoms with E-state index in [1.54, 1.807) is 30.3 Å². The fourth-order valence-electron chi connectivity index (χ4n) is 3.89. The molecule has 6 amide bonds. The Morgan fingerprint density at radius 2 is 1.33 bits per heavy atom. The summed E-state index contributed by atoms with van der Waals surface area (Å²) in [7, 11) is 0. The number of carboxylic acid groups (broad SMARTS) is 1. The first-order valence-electron chi connectivity index (χ1n) is 14.9. The molecule has 20 nitrogen and oxygen atoms in total. The highest BCUT2D eigenvalue weighted by atomic mass is 32.1. The van der Waals surface area contributed by atoms with E-state index in [2.05, 4.69) is 49.5 Å². The van der Waals surface area contributed by atoms with Gasteiger partial charge in [0.05, 0.1) is 26.3 Å². The molecule has 49 heavy (non-hydrogen) atoms. The van der Waals surface area contributed by atoms with Gasteiger partial charge in [0, 0.05) is 18.7 Å². The third kappa shape index (κ3) is 16.6. The molecule has 5 atom stereocenters. The van der Waals surface area contributed by atoms with Crippen LogP contribution in [0.15, 0.2) is 35.3 Å². The van der Waals surface area contributed by atoms with Crippen molar-refractivity contribution in [1.29, 1.82) is 0 Å². The maximum absolute atomic E-state index is 13.1. The molecule has 1 aromatic carbocycles. The Labute approximate surface area is 286 Å². The fourth-order valence-corrected chi connectivity index (χ4v) is 4.15. The summed E-state index contributed by atoms with van der Waals surface area (Å²) in [5.74, 6) is -6.88. The third-order valence-corrected chi connectivity index (χ3v) is 6.89. The number of hydrogen-bond acceptors (Lipinski definition) is 12. The van der Waals surface area contributed by atoms with Crippen LogP contribution < -0.4 is 49.1 Å². The van der Waals surface area contributed by atoms with E-state index in [-0.39, 0.29) is 37.5 Å². The summed E-state index contributed by atoms with van der Waals surface area (Å²) in [5, 5.41) is 41.7. The second-order valence-corrected chi connectivity index (χ2v) is 10.8. The Morgan fingerprint density at radius 3 is 1.90 bits per heavy atom. The van der Waals surface area contributed by atoms with Crippen molar-refractivity contribution in [1.82, 2.24) is 31.9 Å². The molecule has 15 N–H and O–H groups in total. The SMILES string of the molecule is NC(N)=NCCC[C@H](NC(=O)CNC(=O)CNC(=O)[C@H](Cc1ccccc1)NC(=O)[C@H](CS)NC(=O)[C@H](CO)NC(=O)[C@@H](N)CO)C(=O)O. The molecule has 0 unspecified atom stereocenters. The van der Waals surface area contributed by atoms with E-state index in [4.69, 9.17) is 22.3 Å². The quantitative estimate of drug-likeness (QED) is 0.0231. The van der Waals surface area contributed by atoms with Gasteiger partial charge < -0.3 is 64.4 Å². The molecule has 21 heteroatoms. The molecule has 0 radical (unpaired) electrons. The lowest BCUT2D eigenvalue weighted by Crippen LogP contribution is -2.59. The number of carboxylic acids is 1. The molecule has 0 saturated heterocycles. The molecule has 0 aliphatic rings. The lowest BCUT2D eigenvalue weighted by molar-refractivity contribution is -0.142. The smallest absolute Gasteiger partial charge is 0.326 e. The molecule has 0 saturated carbocycles. The molecular weight excluding hydrogens is 668 g/mol. The predicted octanol–water partition coefficient (Wildman–Crippen LogP) is -6.22. The topological polar surface area (TPSA) is 343 Å². The maximum atomic E-state index is 13.1. The van der Waals surface area contributed by atoms with Crippen molar-refractivity contribution in [2.45, 2.75) is 49.5 Å². The Kier molecular flexibility index (Phi) is 19.3. The van der Waals surface area contributed by atoms with Gasteiger partial charge in [-0.15, -0.1) is 0 Å². The minimum atomic E-state index is -1.52. The predicted molar refractivity (Wildman–Crippen MR) is 177 cm³/mol. The first-order valence-corrected chi connectivity index (χ1v) is 15.5. The lowest BCUT2D eigenvalue weighted by Gasteiger charge is -2.24. The van der Waals surface area contributed by atoms with Gasteiger partial charge in [0.2, 0.25) is 35.4 Å². The van der Waals surface area contributed by atoms with Gasteiger partial charge in [-0.25, -0.2) is 4.79 Å². The Hall–Kier alpha value is -4.99. The second-order valence-electron chi connectivity index (χ2n) is 10.4. The Morgan fingerprint density at radius 1 is 0.735 bits per heavy atom. The van der Waals surface area contributed by atoms with Crippen molar-refractivity contribution in [3.63, 3.8) is 0 Å². The first-order chi connectivity index (χ1) is 23.2. The maximum Gasteiger partial charge on any atom is 0.326 e. The van der Waals surface area contributed by atoms with Gasteiger partial charge >= 0.3 is 5.97 Å². The number of benzene rings is 1. The van der Waals surface area contributed by atoms with E-state index >= 15 is 0 Å². The van der Waals surface area contributed by atoms with Gasteiger partial charge in [0.1, 0.15) is 30.2 Å². The minimum Gasteiger partial charge on any atom is -0.480 e. The first kappa shape index (κ1) is 42.0. The highest BCUT2D eigenvalue weighted by molar-refractivity contribution is 7.80. The molecule has 1 rings (SSSR count). The number of rotatable bonds is 22. The summed E-state index contributed by atoms with van der Waals surface area (Å²) < 4.78 is 0. The summed E-state index contributed by atoms with van der Waals surface area (Å²) in [4.78, 5) is 90.6. The average Bonchev–Trinajstić information content (AvgIpc) is 3.07. The molecule has 272 valence electrons. The number of hydrogen-bond donors (Lipinski definition) is 13. The normalized spacial score (nSPS) is 13.6. The molecule has 0 heterocycles. The van der Waals surface area contributed by atoms with Crippen LogP contribution >= 0.6 is 12.6 Å². The van der Waals surface area contributed by atoms with Crippen LogP contribution in [0.25, 0.3) is 0 Å². The van der Waals surface area contributed by atoms with Crippen LogP contribution in [0.2, 0.25) is 0 Å². The second kappa shape index (κ2) is 22.6. The monoisotopic (exact) mass is 712 g/mol.